The van der Waals surface area contributed by atoms with E-state index in [0.717, 1.165) is 12.0 Å². The Hall–Kier alpha value is -2.49. The largest absolute Gasteiger partial charge is 0.497 e. The molecule has 25 heavy (non-hydrogen) atoms. The molecule has 4 heteroatoms. The van der Waals surface area contributed by atoms with E-state index in [2.05, 4.69) is 23.5 Å². The Balaban J connectivity index is 1.55. The van der Waals surface area contributed by atoms with Crippen LogP contribution >= 0.6 is 0 Å². The highest BCUT2D eigenvalue weighted by atomic mass is 16.5. The molecule has 132 valence electrons. The average molecular weight is 339 g/mol. The van der Waals surface area contributed by atoms with Crippen molar-refractivity contribution < 1.29 is 14.3 Å². The van der Waals surface area contributed by atoms with Gasteiger partial charge in [0.25, 0.3) is 5.91 Å². The molecule has 1 N–H and O–H groups in total. The van der Waals surface area contributed by atoms with E-state index in [-0.39, 0.29) is 18.6 Å². The van der Waals surface area contributed by atoms with Crippen molar-refractivity contribution in [1.29, 1.82) is 0 Å². The van der Waals surface area contributed by atoms with Gasteiger partial charge < -0.3 is 14.8 Å². The average Bonchev–Trinajstić information content (AvgIpc) is 2.66. The van der Waals surface area contributed by atoms with Crippen LogP contribution in [0.5, 0.6) is 11.5 Å². The number of methoxy groups -OCH3 is 1. The predicted molar refractivity (Wildman–Crippen MR) is 98.1 cm³/mol. The lowest BCUT2D eigenvalue weighted by Gasteiger charge is -2.20. The first kappa shape index (κ1) is 17.3. The van der Waals surface area contributed by atoms with Gasteiger partial charge in [-0.1, -0.05) is 24.3 Å². The van der Waals surface area contributed by atoms with Gasteiger partial charge in [0.1, 0.15) is 11.5 Å². The maximum Gasteiger partial charge on any atom is 0.258 e. The quantitative estimate of drug-likeness (QED) is 0.870. The highest BCUT2D eigenvalue weighted by Gasteiger charge is 2.14. The molecule has 1 aliphatic rings. The van der Waals surface area contributed by atoms with Gasteiger partial charge in [-0.2, -0.15) is 0 Å². The Labute approximate surface area is 149 Å². The van der Waals surface area contributed by atoms with Gasteiger partial charge in [0.15, 0.2) is 6.61 Å². The van der Waals surface area contributed by atoms with Crippen LogP contribution in [0.2, 0.25) is 0 Å². The van der Waals surface area contributed by atoms with Crippen molar-refractivity contribution >= 4 is 5.91 Å². The summed E-state index contributed by atoms with van der Waals surface area (Å²) in [5, 5.41) is 3.01. The Morgan fingerprint density at radius 2 is 1.84 bits per heavy atom. The molecule has 0 heterocycles. The number of aryl methyl sites for hydroxylation is 2. The molecule has 3 rings (SSSR count). The maximum atomic E-state index is 12.2. The standard InChI is InChI=1S/C21H25NO3/c1-15(17-11-10-16-6-3-4-7-18(16)12-17)22-21(23)14-25-20-9-5-8-19(13-20)24-2/h5,8-13,15H,3-4,6-7,14H2,1-2H3,(H,22,23). The van der Waals surface area contributed by atoms with Gasteiger partial charge in [0.2, 0.25) is 0 Å². The second-order valence-corrected chi connectivity index (χ2v) is 6.49. The van der Waals surface area contributed by atoms with E-state index in [1.165, 1.54) is 30.4 Å². The van der Waals surface area contributed by atoms with Crippen LogP contribution < -0.4 is 14.8 Å². The minimum atomic E-state index is -0.131. The third-order valence-electron chi connectivity index (χ3n) is 4.66. The molecular formula is C21H25NO3. The SMILES string of the molecule is COc1cccc(OCC(=O)NC(C)c2ccc3c(c2)CCCC3)c1. The summed E-state index contributed by atoms with van der Waals surface area (Å²) in [5.74, 6) is 1.20. The Morgan fingerprint density at radius 1 is 1.08 bits per heavy atom. The number of nitrogens with one attached hydrogen (secondary N) is 1. The topological polar surface area (TPSA) is 47.6 Å². The van der Waals surface area contributed by atoms with Crippen LogP contribution in [0.1, 0.15) is 42.5 Å². The minimum absolute atomic E-state index is 0.0115. The number of fused-ring (bicyclic) bond motifs is 1. The van der Waals surface area contributed by atoms with Crippen LogP contribution in [0.15, 0.2) is 42.5 Å². The molecule has 0 fully saturated rings. The van der Waals surface area contributed by atoms with Crippen LogP contribution in [-0.4, -0.2) is 19.6 Å². The van der Waals surface area contributed by atoms with Crippen LogP contribution in [0.4, 0.5) is 0 Å². The Bertz CT molecular complexity index is 742. The van der Waals surface area contributed by atoms with Crippen molar-refractivity contribution in [2.45, 2.75) is 38.6 Å². The number of ether oxygens (including phenoxy) is 2. The van der Waals surface area contributed by atoms with E-state index in [9.17, 15) is 4.79 Å². The molecule has 0 spiro atoms. The van der Waals surface area contributed by atoms with Gasteiger partial charge in [-0.3, -0.25) is 4.79 Å². The van der Waals surface area contributed by atoms with E-state index in [0.29, 0.717) is 11.5 Å². The van der Waals surface area contributed by atoms with Gasteiger partial charge in [-0.25, -0.2) is 0 Å². The van der Waals surface area contributed by atoms with E-state index >= 15 is 0 Å². The van der Waals surface area contributed by atoms with Crippen LogP contribution in [-0.2, 0) is 17.6 Å². The van der Waals surface area contributed by atoms with E-state index < -0.39 is 0 Å². The minimum Gasteiger partial charge on any atom is -0.497 e. The zero-order valence-corrected chi connectivity index (χ0v) is 14.9. The van der Waals surface area contributed by atoms with Gasteiger partial charge in [-0.05, 0) is 61.4 Å². The zero-order chi connectivity index (χ0) is 17.6. The lowest BCUT2D eigenvalue weighted by atomic mass is 9.89. The highest BCUT2D eigenvalue weighted by Crippen LogP contribution is 2.25. The van der Waals surface area contributed by atoms with Crippen molar-refractivity contribution in [1.82, 2.24) is 5.32 Å². The first-order valence-corrected chi connectivity index (χ1v) is 8.83. The first-order chi connectivity index (χ1) is 12.2. The fraction of sp³-hybridized carbons (Fsp3) is 0.381. The molecule has 2 aromatic rings. The summed E-state index contributed by atoms with van der Waals surface area (Å²) in [7, 11) is 1.60. The number of amides is 1. The molecule has 1 amide bonds. The number of hydrogen-bond donors (Lipinski definition) is 1. The van der Waals surface area contributed by atoms with E-state index in [4.69, 9.17) is 9.47 Å². The molecule has 0 saturated carbocycles. The zero-order valence-electron chi connectivity index (χ0n) is 14.9. The molecule has 0 aromatic heterocycles. The fourth-order valence-corrected chi connectivity index (χ4v) is 3.23. The molecule has 1 unspecified atom stereocenters. The lowest BCUT2D eigenvalue weighted by molar-refractivity contribution is -0.123. The molecular weight excluding hydrogens is 314 g/mol. The second-order valence-electron chi connectivity index (χ2n) is 6.49. The monoisotopic (exact) mass is 339 g/mol. The van der Waals surface area contributed by atoms with Crippen molar-refractivity contribution in [3.63, 3.8) is 0 Å². The summed E-state index contributed by atoms with van der Waals surface area (Å²) in [5.41, 5.74) is 4.03. The molecule has 2 aromatic carbocycles. The summed E-state index contributed by atoms with van der Waals surface area (Å²) in [6.45, 7) is 2.00. The molecule has 1 aliphatic carbocycles. The summed E-state index contributed by atoms with van der Waals surface area (Å²) in [6, 6.07) is 13.8. The molecule has 0 radical (unpaired) electrons. The third kappa shape index (κ3) is 4.53. The normalized spacial score (nSPS) is 14.3. The first-order valence-electron chi connectivity index (χ1n) is 8.83. The number of carbonyl (C=O) groups is 1. The fourth-order valence-electron chi connectivity index (χ4n) is 3.23. The van der Waals surface area contributed by atoms with Gasteiger partial charge in [0.05, 0.1) is 13.2 Å². The van der Waals surface area contributed by atoms with Gasteiger partial charge in [0, 0.05) is 6.07 Å². The smallest absolute Gasteiger partial charge is 0.258 e. The van der Waals surface area contributed by atoms with Crippen LogP contribution in [0, 0.1) is 0 Å². The maximum absolute atomic E-state index is 12.2. The molecule has 4 nitrogen and oxygen atoms in total. The molecule has 0 saturated heterocycles. The van der Waals surface area contributed by atoms with Crippen molar-refractivity contribution in [2.24, 2.45) is 0 Å². The highest BCUT2D eigenvalue weighted by molar-refractivity contribution is 5.78. The number of rotatable bonds is 6. The Morgan fingerprint density at radius 3 is 2.64 bits per heavy atom. The van der Waals surface area contributed by atoms with Crippen molar-refractivity contribution in [3.05, 3.63) is 59.2 Å². The Kier molecular flexibility index (Phi) is 5.59. The summed E-state index contributed by atoms with van der Waals surface area (Å²) < 4.78 is 10.7. The molecule has 1 atom stereocenters. The van der Waals surface area contributed by atoms with Crippen LogP contribution in [0.25, 0.3) is 0 Å². The second kappa shape index (κ2) is 8.06. The lowest BCUT2D eigenvalue weighted by Crippen LogP contribution is -2.31. The summed E-state index contributed by atoms with van der Waals surface area (Å²) >= 11 is 0. The third-order valence-corrected chi connectivity index (χ3v) is 4.66. The van der Waals surface area contributed by atoms with Gasteiger partial charge in [-0.15, -0.1) is 0 Å². The molecule has 0 aliphatic heterocycles. The number of carbonyl (C=O) groups excluding carboxylic acids is 1. The molecule has 0 bridgehead atoms. The van der Waals surface area contributed by atoms with Crippen molar-refractivity contribution in [2.75, 3.05) is 13.7 Å². The summed E-state index contributed by atoms with van der Waals surface area (Å²) in [4.78, 5) is 12.2. The summed E-state index contributed by atoms with van der Waals surface area (Å²) in [6.07, 6.45) is 4.85. The van der Waals surface area contributed by atoms with Crippen molar-refractivity contribution in [3.8, 4) is 11.5 Å². The number of benzene rings is 2. The predicted octanol–water partition coefficient (Wildman–Crippen LogP) is 3.83. The van der Waals surface area contributed by atoms with Gasteiger partial charge >= 0.3 is 0 Å². The van der Waals surface area contributed by atoms with Crippen LogP contribution in [0.3, 0.4) is 0 Å². The van der Waals surface area contributed by atoms with E-state index in [1.54, 1.807) is 13.2 Å². The van der Waals surface area contributed by atoms with E-state index in [1.807, 2.05) is 25.1 Å². The number of hydrogen-bond acceptors (Lipinski definition) is 3.